The molecule has 0 aromatic heterocycles. The Morgan fingerprint density at radius 1 is 0.882 bits per heavy atom. The van der Waals surface area contributed by atoms with Crippen molar-refractivity contribution in [2.24, 2.45) is 0 Å². The van der Waals surface area contributed by atoms with E-state index in [0.717, 1.165) is 5.56 Å². The van der Waals surface area contributed by atoms with Crippen LogP contribution in [-0.4, -0.2) is 42.8 Å². The van der Waals surface area contributed by atoms with Crippen LogP contribution in [0.1, 0.15) is 43.6 Å². The summed E-state index contributed by atoms with van der Waals surface area (Å²) in [4.78, 5) is 47.2. The van der Waals surface area contributed by atoms with Crippen LogP contribution in [0.15, 0.2) is 48.5 Å². The van der Waals surface area contributed by atoms with Gasteiger partial charge >= 0.3 is 12.2 Å². The second-order valence-electron chi connectivity index (χ2n) is 8.09. The van der Waals surface area contributed by atoms with Crippen LogP contribution in [0.3, 0.4) is 0 Å². The highest BCUT2D eigenvalue weighted by atomic mass is 16.7. The topological polar surface area (TPSA) is 132 Å². The number of hydrogen-bond acceptors (Lipinski definition) is 7. The molecule has 2 rings (SSSR count). The molecule has 3 N–H and O–H groups in total. The Balaban J connectivity index is 1.78. The Kier molecular flexibility index (Phi) is 9.42. The number of alkyl carbamates (subject to hydrolysis) is 1. The molecule has 0 aliphatic carbocycles. The minimum absolute atomic E-state index is 0.202. The van der Waals surface area contributed by atoms with Gasteiger partial charge in [0.2, 0.25) is 5.91 Å². The smallest absolute Gasteiger partial charge is 0.444 e. The van der Waals surface area contributed by atoms with Gasteiger partial charge in [-0.25, -0.2) is 9.59 Å². The molecular weight excluding hydrogens is 442 g/mol. The first-order chi connectivity index (χ1) is 16.1. The minimum Gasteiger partial charge on any atom is -0.444 e. The quantitative estimate of drug-likeness (QED) is 0.396. The molecule has 3 amide bonds. The van der Waals surface area contributed by atoms with Crippen molar-refractivity contribution in [2.45, 2.75) is 39.8 Å². The van der Waals surface area contributed by atoms with Crippen molar-refractivity contribution < 1.29 is 33.4 Å². The Hall–Kier alpha value is -4.08. The van der Waals surface area contributed by atoms with Crippen molar-refractivity contribution in [3.05, 3.63) is 59.7 Å². The van der Waals surface area contributed by atoms with Gasteiger partial charge in [-0.05, 0) is 69.7 Å². The lowest BCUT2D eigenvalue weighted by molar-refractivity contribution is -0.120. The van der Waals surface area contributed by atoms with Gasteiger partial charge in [-0.3, -0.25) is 9.59 Å². The predicted octanol–water partition coefficient (Wildman–Crippen LogP) is 3.62. The fourth-order valence-electron chi connectivity index (χ4n) is 2.56. The van der Waals surface area contributed by atoms with E-state index in [4.69, 9.17) is 14.2 Å². The summed E-state index contributed by atoms with van der Waals surface area (Å²) in [7, 11) is 0. The maximum absolute atomic E-state index is 12.4. The number of benzene rings is 2. The van der Waals surface area contributed by atoms with Gasteiger partial charge in [0, 0.05) is 17.8 Å². The fourth-order valence-corrected chi connectivity index (χ4v) is 2.56. The summed E-state index contributed by atoms with van der Waals surface area (Å²) in [5, 5.41) is 7.84. The highest BCUT2D eigenvalue weighted by Crippen LogP contribution is 2.15. The fraction of sp³-hybridized carbons (Fsp3) is 0.333. The third kappa shape index (κ3) is 9.60. The monoisotopic (exact) mass is 471 g/mol. The molecule has 0 heterocycles. The van der Waals surface area contributed by atoms with E-state index in [1.165, 1.54) is 24.3 Å². The predicted molar refractivity (Wildman–Crippen MR) is 125 cm³/mol. The van der Waals surface area contributed by atoms with E-state index >= 15 is 0 Å². The van der Waals surface area contributed by atoms with Crippen LogP contribution in [0.5, 0.6) is 5.75 Å². The molecule has 0 atom stereocenters. The molecule has 10 nitrogen and oxygen atoms in total. The standard InChI is InChI=1S/C24H29N3O7/c1-5-32-23(31)33-19-12-8-17(9-13-19)21(29)27-18-10-6-16(7-11-18)14-25-20(28)15-26-22(30)34-24(2,3)4/h6-13H,5,14-15H2,1-4H3,(H,25,28)(H,26,30)(H,27,29). The number of ether oxygens (including phenoxy) is 3. The molecule has 0 bridgehead atoms. The van der Waals surface area contributed by atoms with E-state index in [9.17, 15) is 19.2 Å². The zero-order valence-electron chi connectivity index (χ0n) is 19.6. The molecule has 0 unspecified atom stereocenters. The van der Waals surface area contributed by atoms with E-state index in [1.54, 1.807) is 52.0 Å². The lowest BCUT2D eigenvalue weighted by Gasteiger charge is -2.19. The zero-order chi connectivity index (χ0) is 25.1. The lowest BCUT2D eigenvalue weighted by Crippen LogP contribution is -2.39. The Morgan fingerprint density at radius 3 is 2.12 bits per heavy atom. The van der Waals surface area contributed by atoms with E-state index in [1.807, 2.05) is 0 Å². The van der Waals surface area contributed by atoms with Crippen LogP contribution >= 0.6 is 0 Å². The molecular formula is C24H29N3O7. The number of amides is 3. The van der Waals surface area contributed by atoms with E-state index in [-0.39, 0.29) is 37.3 Å². The van der Waals surface area contributed by atoms with Gasteiger partial charge in [-0.2, -0.15) is 0 Å². The van der Waals surface area contributed by atoms with Gasteiger partial charge in [-0.15, -0.1) is 0 Å². The molecule has 0 saturated carbocycles. The molecule has 0 saturated heterocycles. The molecule has 2 aromatic rings. The van der Waals surface area contributed by atoms with Gasteiger partial charge in [0.05, 0.1) is 6.61 Å². The second kappa shape index (κ2) is 12.2. The summed E-state index contributed by atoms with van der Waals surface area (Å²) in [6.07, 6.45) is -1.47. The van der Waals surface area contributed by atoms with Crippen molar-refractivity contribution in [2.75, 3.05) is 18.5 Å². The van der Waals surface area contributed by atoms with Crippen LogP contribution in [0.2, 0.25) is 0 Å². The first-order valence-electron chi connectivity index (χ1n) is 10.6. The molecule has 10 heteroatoms. The highest BCUT2D eigenvalue weighted by molar-refractivity contribution is 6.04. The molecule has 0 aliphatic rings. The van der Waals surface area contributed by atoms with Crippen LogP contribution < -0.4 is 20.7 Å². The Labute approximate surface area is 198 Å². The maximum Gasteiger partial charge on any atom is 0.513 e. The number of carbonyl (C=O) groups is 4. The molecule has 0 spiro atoms. The van der Waals surface area contributed by atoms with Gasteiger partial charge in [0.25, 0.3) is 5.91 Å². The maximum atomic E-state index is 12.4. The first kappa shape index (κ1) is 26.2. The molecule has 0 aliphatic heterocycles. The van der Waals surface area contributed by atoms with Crippen molar-refractivity contribution in [3.8, 4) is 5.75 Å². The van der Waals surface area contributed by atoms with E-state index in [0.29, 0.717) is 11.3 Å². The van der Waals surface area contributed by atoms with Crippen molar-refractivity contribution in [3.63, 3.8) is 0 Å². The number of anilines is 1. The summed E-state index contributed by atoms with van der Waals surface area (Å²) < 4.78 is 14.7. The summed E-state index contributed by atoms with van der Waals surface area (Å²) >= 11 is 0. The van der Waals surface area contributed by atoms with E-state index < -0.39 is 17.8 Å². The third-order valence-corrected chi connectivity index (χ3v) is 4.07. The number of rotatable bonds is 8. The normalized spacial score (nSPS) is 10.6. The molecule has 0 fully saturated rings. The molecule has 0 radical (unpaired) electrons. The molecule has 182 valence electrons. The van der Waals surface area contributed by atoms with Crippen molar-refractivity contribution in [1.29, 1.82) is 0 Å². The average Bonchev–Trinajstić information content (AvgIpc) is 2.76. The number of carbonyl (C=O) groups excluding carboxylic acids is 4. The summed E-state index contributed by atoms with van der Waals surface area (Å²) in [5.74, 6) is -0.432. The third-order valence-electron chi connectivity index (χ3n) is 4.07. The zero-order valence-corrected chi connectivity index (χ0v) is 19.6. The summed E-state index contributed by atoms with van der Waals surface area (Å²) in [6, 6.07) is 13.0. The minimum atomic E-state index is -0.810. The molecule has 2 aromatic carbocycles. The van der Waals surface area contributed by atoms with Crippen LogP contribution in [0.4, 0.5) is 15.3 Å². The van der Waals surface area contributed by atoms with E-state index in [2.05, 4.69) is 16.0 Å². The largest absolute Gasteiger partial charge is 0.513 e. The van der Waals surface area contributed by atoms with Crippen LogP contribution in [0, 0.1) is 0 Å². The lowest BCUT2D eigenvalue weighted by atomic mass is 10.1. The first-order valence-corrected chi connectivity index (χ1v) is 10.6. The average molecular weight is 472 g/mol. The SMILES string of the molecule is CCOC(=O)Oc1ccc(C(=O)Nc2ccc(CNC(=O)CNC(=O)OC(C)(C)C)cc2)cc1. The molecule has 34 heavy (non-hydrogen) atoms. The van der Waals surface area contributed by atoms with Crippen molar-refractivity contribution in [1.82, 2.24) is 10.6 Å². The number of nitrogens with one attached hydrogen (secondary N) is 3. The van der Waals surface area contributed by atoms with Gasteiger partial charge in [-0.1, -0.05) is 12.1 Å². The second-order valence-corrected chi connectivity index (χ2v) is 8.09. The van der Waals surface area contributed by atoms with Gasteiger partial charge in [0.15, 0.2) is 0 Å². The van der Waals surface area contributed by atoms with Crippen molar-refractivity contribution >= 4 is 29.8 Å². The summed E-state index contributed by atoms with van der Waals surface area (Å²) in [6.45, 7) is 7.13. The highest BCUT2D eigenvalue weighted by Gasteiger charge is 2.16. The van der Waals surface area contributed by atoms with Crippen LogP contribution in [0.25, 0.3) is 0 Å². The Morgan fingerprint density at radius 2 is 1.53 bits per heavy atom. The van der Waals surface area contributed by atoms with Crippen LogP contribution in [-0.2, 0) is 20.8 Å². The van der Waals surface area contributed by atoms with Gasteiger partial charge < -0.3 is 30.2 Å². The Bertz CT molecular complexity index is 997. The van der Waals surface area contributed by atoms with Gasteiger partial charge in [0.1, 0.15) is 17.9 Å². The summed E-state index contributed by atoms with van der Waals surface area (Å²) in [5.41, 5.74) is 1.12. The number of hydrogen-bond donors (Lipinski definition) is 3.